The van der Waals surface area contributed by atoms with Gasteiger partial charge < -0.3 is 0 Å². The summed E-state index contributed by atoms with van der Waals surface area (Å²) in [4.78, 5) is 0. The third-order valence-corrected chi connectivity index (χ3v) is 0.789. The van der Waals surface area contributed by atoms with Crippen LogP contribution in [0.2, 0.25) is 0 Å². The maximum absolute atomic E-state index is 2.56. The normalized spacial score (nSPS) is 13.1. The molecule has 1 unspecified atom stereocenters. The second-order valence-corrected chi connectivity index (χ2v) is 3.11. The van der Waals surface area contributed by atoms with E-state index in [2.05, 4.69) is 36.1 Å². The van der Waals surface area contributed by atoms with Crippen molar-refractivity contribution in [2.24, 2.45) is 5.41 Å². The van der Waals surface area contributed by atoms with E-state index in [0.29, 0.717) is 5.41 Å². The van der Waals surface area contributed by atoms with Crippen LogP contribution in [-0.2, 0) is 0 Å². The molecule has 0 heterocycles. The molecule has 42 valence electrons. The fourth-order valence-electron chi connectivity index (χ4n) is 0.289. The Morgan fingerprint density at radius 1 is 1.29 bits per heavy atom. The van der Waals surface area contributed by atoms with E-state index in [-0.39, 0.29) is 0 Å². The number of rotatable bonds is 0. The first-order valence-corrected chi connectivity index (χ1v) is 3.12. The maximum Gasteiger partial charge on any atom is -0.0200 e. The molecule has 0 rings (SSSR count). The van der Waals surface area contributed by atoms with Crippen molar-refractivity contribution in [2.45, 2.75) is 20.8 Å². The molecule has 0 aliphatic rings. The van der Waals surface area contributed by atoms with Crippen molar-refractivity contribution < 1.29 is 0 Å². The molecule has 0 aromatic carbocycles. The lowest BCUT2D eigenvalue weighted by molar-refractivity contribution is 0.545. The van der Waals surface area contributed by atoms with Crippen LogP contribution in [0.25, 0.3) is 0 Å². The molecule has 0 aliphatic heterocycles. The molecule has 0 radical (unpaired) electrons. The lowest BCUT2D eigenvalue weighted by atomic mass is 9.98. The zero-order valence-corrected chi connectivity index (χ0v) is 6.39. The summed E-state index contributed by atoms with van der Waals surface area (Å²) in [5.41, 5.74) is 0.349. The highest BCUT2D eigenvalue weighted by Gasteiger charge is 2.00. The second-order valence-electron chi connectivity index (χ2n) is 2.73. The lowest BCUT2D eigenvalue weighted by Crippen LogP contribution is -1.96. The Balaban J connectivity index is 3.56. The van der Waals surface area contributed by atoms with Gasteiger partial charge in [-0.3, -0.25) is 0 Å². The predicted octanol–water partition coefficient (Wildman–Crippen LogP) is 2.42. The molecule has 7 heavy (non-hydrogen) atoms. The molecule has 0 aliphatic carbocycles. The van der Waals surface area contributed by atoms with Gasteiger partial charge in [0.15, 0.2) is 0 Å². The molecule has 0 aromatic heterocycles. The van der Waals surface area contributed by atoms with Crippen LogP contribution in [0.5, 0.6) is 0 Å². The molecular formula is C6H13P. The van der Waals surface area contributed by atoms with Gasteiger partial charge in [0.2, 0.25) is 0 Å². The van der Waals surface area contributed by atoms with Crippen molar-refractivity contribution in [3.8, 4) is 0 Å². The van der Waals surface area contributed by atoms with Gasteiger partial charge in [-0.15, -0.1) is 9.24 Å². The van der Waals surface area contributed by atoms with Crippen molar-refractivity contribution in [2.75, 3.05) is 0 Å². The van der Waals surface area contributed by atoms with Gasteiger partial charge in [0, 0.05) is 0 Å². The Hall–Kier alpha value is 0.170. The number of hydrogen-bond acceptors (Lipinski definition) is 0. The molecule has 0 saturated carbocycles. The molecular weight excluding hydrogens is 103 g/mol. The van der Waals surface area contributed by atoms with Crippen molar-refractivity contribution in [1.82, 2.24) is 0 Å². The van der Waals surface area contributed by atoms with E-state index in [1.165, 1.54) is 0 Å². The Morgan fingerprint density at radius 2 is 1.71 bits per heavy atom. The smallest absolute Gasteiger partial charge is 0.0200 e. The van der Waals surface area contributed by atoms with Gasteiger partial charge in [-0.2, -0.15) is 0 Å². The minimum absolute atomic E-state index is 0.349. The third-order valence-electron chi connectivity index (χ3n) is 0.596. The van der Waals surface area contributed by atoms with Crippen LogP contribution in [0.3, 0.4) is 0 Å². The highest BCUT2D eigenvalue weighted by molar-refractivity contribution is 7.20. The van der Waals surface area contributed by atoms with E-state index >= 15 is 0 Å². The molecule has 0 N–H and O–H groups in total. The summed E-state index contributed by atoms with van der Waals surface area (Å²) in [6, 6.07) is 0. The first-order chi connectivity index (χ1) is 3.06. The molecule has 0 aromatic rings. The van der Waals surface area contributed by atoms with Crippen LogP contribution in [0.1, 0.15) is 20.8 Å². The van der Waals surface area contributed by atoms with Crippen LogP contribution >= 0.6 is 9.24 Å². The van der Waals surface area contributed by atoms with E-state index < -0.39 is 0 Å². The maximum atomic E-state index is 2.56. The fourth-order valence-corrected chi connectivity index (χ4v) is 0.866. The van der Waals surface area contributed by atoms with Crippen molar-refractivity contribution in [3.05, 3.63) is 11.9 Å². The van der Waals surface area contributed by atoms with Gasteiger partial charge in [-0.1, -0.05) is 32.7 Å². The summed E-state index contributed by atoms with van der Waals surface area (Å²) in [6.45, 7) is 6.52. The van der Waals surface area contributed by atoms with Crippen molar-refractivity contribution in [3.63, 3.8) is 0 Å². The third kappa shape index (κ3) is 6.17. The average Bonchev–Trinajstić information content (AvgIpc) is 1.30. The van der Waals surface area contributed by atoms with Gasteiger partial charge in [0.05, 0.1) is 0 Å². The van der Waals surface area contributed by atoms with E-state index in [9.17, 15) is 0 Å². The van der Waals surface area contributed by atoms with Crippen LogP contribution in [0.4, 0.5) is 0 Å². The topological polar surface area (TPSA) is 0 Å². The predicted molar refractivity (Wildman–Crippen MR) is 38.3 cm³/mol. The minimum atomic E-state index is 0.349. The highest BCUT2D eigenvalue weighted by atomic mass is 31.0. The standard InChI is InChI=1S/C6H13P/c1-6(2,3)4-5-7/h4-5H,7H2,1-3H3/b5-4+. The molecule has 1 heteroatoms. The second kappa shape index (κ2) is 2.47. The number of allylic oxidation sites excluding steroid dienone is 1. The summed E-state index contributed by atoms with van der Waals surface area (Å²) < 4.78 is 0. The molecule has 0 spiro atoms. The van der Waals surface area contributed by atoms with Crippen molar-refractivity contribution in [1.29, 1.82) is 0 Å². The molecule has 0 saturated heterocycles. The van der Waals surface area contributed by atoms with E-state index in [0.717, 1.165) is 0 Å². The Morgan fingerprint density at radius 3 is 1.71 bits per heavy atom. The Bertz CT molecular complexity index is 66.7. The summed E-state index contributed by atoms with van der Waals surface area (Å²) in [6.07, 6.45) is 2.15. The molecule has 0 fully saturated rings. The minimum Gasteiger partial charge on any atom is -0.114 e. The van der Waals surface area contributed by atoms with Gasteiger partial charge >= 0.3 is 0 Å². The largest absolute Gasteiger partial charge is 0.114 e. The average molecular weight is 116 g/mol. The van der Waals surface area contributed by atoms with Crippen LogP contribution in [0, 0.1) is 5.41 Å². The summed E-state index contributed by atoms with van der Waals surface area (Å²) in [7, 11) is 2.56. The van der Waals surface area contributed by atoms with Crippen LogP contribution in [-0.4, -0.2) is 0 Å². The monoisotopic (exact) mass is 116 g/mol. The lowest BCUT2D eigenvalue weighted by Gasteiger charge is -2.09. The molecule has 1 atom stereocenters. The quantitative estimate of drug-likeness (QED) is 0.426. The molecule has 0 amide bonds. The van der Waals surface area contributed by atoms with Gasteiger partial charge in [0.1, 0.15) is 0 Å². The highest BCUT2D eigenvalue weighted by Crippen LogP contribution is 2.14. The zero-order chi connectivity index (χ0) is 5.91. The molecule has 0 bridgehead atoms. The van der Waals surface area contributed by atoms with Crippen LogP contribution < -0.4 is 0 Å². The number of hydrogen-bond donors (Lipinski definition) is 0. The van der Waals surface area contributed by atoms with Crippen LogP contribution in [0.15, 0.2) is 11.9 Å². The SMILES string of the molecule is CC(C)(C)/C=C/P. The van der Waals surface area contributed by atoms with E-state index in [1.807, 2.05) is 5.82 Å². The fraction of sp³-hybridized carbons (Fsp3) is 0.667. The van der Waals surface area contributed by atoms with E-state index in [4.69, 9.17) is 0 Å². The van der Waals surface area contributed by atoms with Gasteiger partial charge in [-0.05, 0) is 5.41 Å². The summed E-state index contributed by atoms with van der Waals surface area (Å²) >= 11 is 0. The Kier molecular flexibility index (Phi) is 2.53. The molecule has 0 nitrogen and oxygen atoms in total. The zero-order valence-electron chi connectivity index (χ0n) is 5.23. The Labute approximate surface area is 48.2 Å². The summed E-state index contributed by atoms with van der Waals surface area (Å²) in [5, 5.41) is 0. The van der Waals surface area contributed by atoms with Gasteiger partial charge in [-0.25, -0.2) is 0 Å². The first kappa shape index (κ1) is 7.17. The van der Waals surface area contributed by atoms with E-state index in [1.54, 1.807) is 0 Å². The van der Waals surface area contributed by atoms with Gasteiger partial charge in [0.25, 0.3) is 0 Å². The first-order valence-electron chi connectivity index (χ1n) is 2.46. The summed E-state index contributed by atoms with van der Waals surface area (Å²) in [5.74, 6) is 2.00. The van der Waals surface area contributed by atoms with Crippen molar-refractivity contribution >= 4 is 9.24 Å².